The molecular formula is C25H29Cl2N3O3. The molecule has 1 N–H and O–H groups in total. The topological polar surface area (TPSA) is 54.0 Å². The van der Waals surface area contributed by atoms with E-state index in [4.69, 9.17) is 32.7 Å². The van der Waals surface area contributed by atoms with Gasteiger partial charge >= 0.3 is 6.03 Å². The van der Waals surface area contributed by atoms with Crippen LogP contribution >= 0.6 is 23.2 Å². The van der Waals surface area contributed by atoms with E-state index >= 15 is 0 Å². The molecular weight excluding hydrogens is 461 g/mol. The van der Waals surface area contributed by atoms with Crippen molar-refractivity contribution in [1.29, 1.82) is 0 Å². The van der Waals surface area contributed by atoms with E-state index in [9.17, 15) is 4.79 Å². The highest BCUT2D eigenvalue weighted by Gasteiger charge is 2.42. The zero-order chi connectivity index (χ0) is 22.8. The lowest BCUT2D eigenvalue weighted by molar-refractivity contribution is 0.107. The van der Waals surface area contributed by atoms with Crippen LogP contribution in [0, 0.1) is 5.41 Å². The molecule has 0 bridgehead atoms. The Morgan fingerprint density at radius 1 is 0.939 bits per heavy atom. The van der Waals surface area contributed by atoms with Crippen LogP contribution in [-0.4, -0.2) is 55.2 Å². The van der Waals surface area contributed by atoms with Gasteiger partial charge in [0.05, 0.1) is 10.0 Å². The molecule has 0 aromatic heterocycles. The highest BCUT2D eigenvalue weighted by Crippen LogP contribution is 2.39. The quantitative estimate of drug-likeness (QED) is 0.658. The number of rotatable bonds is 4. The van der Waals surface area contributed by atoms with Crippen LogP contribution < -0.4 is 14.8 Å². The molecule has 33 heavy (non-hydrogen) atoms. The van der Waals surface area contributed by atoms with Crippen LogP contribution in [0.25, 0.3) is 0 Å². The number of urea groups is 1. The van der Waals surface area contributed by atoms with Crippen LogP contribution in [0.5, 0.6) is 11.5 Å². The molecule has 2 saturated heterocycles. The van der Waals surface area contributed by atoms with E-state index in [-0.39, 0.29) is 11.4 Å². The maximum Gasteiger partial charge on any atom is 0.317 e. The molecule has 0 saturated carbocycles. The Kier molecular flexibility index (Phi) is 6.59. The van der Waals surface area contributed by atoms with E-state index in [1.54, 1.807) is 0 Å². The summed E-state index contributed by atoms with van der Waals surface area (Å²) in [5.74, 6) is 1.51. The van der Waals surface area contributed by atoms with Crippen molar-refractivity contribution < 1.29 is 14.3 Å². The number of fused-ring (bicyclic) bond motifs is 1. The third-order valence-electron chi connectivity index (χ3n) is 6.91. The zero-order valence-electron chi connectivity index (χ0n) is 18.6. The number of likely N-dealkylation sites (tertiary alicyclic amines) is 2. The molecule has 0 aliphatic carbocycles. The standard InChI is InChI=1S/C25H29Cl2N3O3/c26-20-4-2-19(12-21(20)27)15-29-9-7-25(16-29)6-1-8-30(17-25)24(31)28-14-18-3-5-22-23(13-18)33-11-10-32-22/h2-5,12-13H,1,6-11,14-17H2,(H,28,31). The lowest BCUT2D eigenvalue weighted by atomic mass is 9.79. The van der Waals surface area contributed by atoms with E-state index in [1.807, 2.05) is 41.3 Å². The number of carbonyl (C=O) groups is 1. The average molecular weight is 490 g/mol. The van der Waals surface area contributed by atoms with E-state index < -0.39 is 0 Å². The fourth-order valence-electron chi connectivity index (χ4n) is 5.26. The van der Waals surface area contributed by atoms with E-state index in [0.29, 0.717) is 29.8 Å². The van der Waals surface area contributed by atoms with Gasteiger partial charge < -0.3 is 19.7 Å². The Bertz CT molecular complexity index is 1030. The summed E-state index contributed by atoms with van der Waals surface area (Å²) < 4.78 is 11.2. The second-order valence-corrected chi connectivity index (χ2v) is 10.2. The molecule has 3 aliphatic rings. The summed E-state index contributed by atoms with van der Waals surface area (Å²) in [4.78, 5) is 17.4. The lowest BCUT2D eigenvalue weighted by Crippen LogP contribution is -2.50. The molecule has 1 unspecified atom stereocenters. The van der Waals surface area contributed by atoms with Gasteiger partial charge in [-0.3, -0.25) is 4.90 Å². The molecule has 2 amide bonds. The van der Waals surface area contributed by atoms with Crippen LogP contribution in [0.3, 0.4) is 0 Å². The third-order valence-corrected chi connectivity index (χ3v) is 7.65. The summed E-state index contributed by atoms with van der Waals surface area (Å²) in [6.07, 6.45) is 3.31. The Balaban J connectivity index is 1.15. The molecule has 1 atom stereocenters. The minimum absolute atomic E-state index is 0.00639. The molecule has 3 aliphatic heterocycles. The van der Waals surface area contributed by atoms with E-state index in [2.05, 4.69) is 10.2 Å². The van der Waals surface area contributed by atoms with Crippen molar-refractivity contribution in [3.05, 3.63) is 57.6 Å². The van der Waals surface area contributed by atoms with E-state index in [0.717, 1.165) is 69.0 Å². The number of nitrogens with one attached hydrogen (secondary N) is 1. The Hall–Kier alpha value is -2.15. The van der Waals surface area contributed by atoms with Crippen molar-refractivity contribution in [1.82, 2.24) is 15.1 Å². The van der Waals surface area contributed by atoms with Crippen LogP contribution in [0.4, 0.5) is 4.79 Å². The van der Waals surface area contributed by atoms with Gasteiger partial charge in [-0.2, -0.15) is 0 Å². The smallest absolute Gasteiger partial charge is 0.317 e. The highest BCUT2D eigenvalue weighted by atomic mass is 35.5. The first-order valence-corrected chi connectivity index (χ1v) is 12.3. The van der Waals surface area contributed by atoms with Crippen LogP contribution in [0.1, 0.15) is 30.4 Å². The van der Waals surface area contributed by atoms with Crippen molar-refractivity contribution in [3.63, 3.8) is 0 Å². The molecule has 3 heterocycles. The second kappa shape index (κ2) is 9.61. The van der Waals surface area contributed by atoms with Gasteiger partial charge in [0.15, 0.2) is 11.5 Å². The van der Waals surface area contributed by atoms with Crippen LogP contribution in [0.15, 0.2) is 36.4 Å². The molecule has 2 aromatic carbocycles. The first kappa shape index (κ1) is 22.6. The monoisotopic (exact) mass is 489 g/mol. The van der Waals surface area contributed by atoms with Gasteiger partial charge in [0.1, 0.15) is 13.2 Å². The number of hydrogen-bond acceptors (Lipinski definition) is 4. The third kappa shape index (κ3) is 5.18. The molecule has 6 nitrogen and oxygen atoms in total. The van der Waals surface area contributed by atoms with Gasteiger partial charge in [0.25, 0.3) is 0 Å². The minimum atomic E-state index is 0.00639. The summed E-state index contributed by atoms with van der Waals surface area (Å²) in [6, 6.07) is 11.7. The molecule has 1 spiro atoms. The second-order valence-electron chi connectivity index (χ2n) is 9.37. The highest BCUT2D eigenvalue weighted by molar-refractivity contribution is 6.42. The Morgan fingerprint density at radius 2 is 1.76 bits per heavy atom. The van der Waals surface area contributed by atoms with Gasteiger partial charge in [-0.1, -0.05) is 35.3 Å². The fourth-order valence-corrected chi connectivity index (χ4v) is 5.58. The molecule has 2 aromatic rings. The van der Waals surface area contributed by atoms with Gasteiger partial charge in [-0.05, 0) is 61.2 Å². The summed E-state index contributed by atoms with van der Waals surface area (Å²) in [7, 11) is 0. The largest absolute Gasteiger partial charge is 0.486 e. The summed E-state index contributed by atoms with van der Waals surface area (Å²) >= 11 is 12.2. The Labute approximate surface area is 204 Å². The maximum absolute atomic E-state index is 13.0. The predicted molar refractivity (Wildman–Crippen MR) is 129 cm³/mol. The number of carbonyl (C=O) groups excluding carboxylic acids is 1. The molecule has 5 rings (SSSR count). The van der Waals surface area contributed by atoms with Gasteiger partial charge in [0, 0.05) is 38.1 Å². The molecule has 0 radical (unpaired) electrons. The number of benzene rings is 2. The van der Waals surface area contributed by atoms with Crippen molar-refractivity contribution >= 4 is 29.2 Å². The summed E-state index contributed by atoms with van der Waals surface area (Å²) in [5, 5.41) is 4.28. The van der Waals surface area contributed by atoms with Crippen molar-refractivity contribution in [2.24, 2.45) is 5.41 Å². The number of nitrogens with zero attached hydrogens (tertiary/aromatic N) is 2. The Morgan fingerprint density at radius 3 is 2.61 bits per heavy atom. The number of halogens is 2. The fraction of sp³-hybridized carbons (Fsp3) is 0.480. The average Bonchev–Trinajstić information content (AvgIpc) is 3.20. The number of piperidine rings is 1. The number of ether oxygens (including phenoxy) is 2. The zero-order valence-corrected chi connectivity index (χ0v) is 20.1. The van der Waals surface area contributed by atoms with E-state index in [1.165, 1.54) is 5.56 Å². The SMILES string of the molecule is O=C(NCc1ccc2c(c1)OCCO2)N1CCCC2(CCN(Cc3ccc(Cl)c(Cl)c3)C2)C1. The number of amides is 2. The minimum Gasteiger partial charge on any atom is -0.486 e. The van der Waals surface area contributed by atoms with Crippen LogP contribution in [-0.2, 0) is 13.1 Å². The first-order chi connectivity index (χ1) is 16.0. The van der Waals surface area contributed by atoms with Gasteiger partial charge in [0.2, 0.25) is 0 Å². The lowest BCUT2D eigenvalue weighted by Gasteiger charge is -2.40. The van der Waals surface area contributed by atoms with Crippen LogP contribution in [0.2, 0.25) is 10.0 Å². The number of hydrogen-bond donors (Lipinski definition) is 1. The van der Waals surface area contributed by atoms with Crippen molar-refractivity contribution in [3.8, 4) is 11.5 Å². The summed E-state index contributed by atoms with van der Waals surface area (Å²) in [5.41, 5.74) is 2.35. The predicted octanol–water partition coefficient (Wildman–Crippen LogP) is 4.96. The normalized spacial score (nSPS) is 22.5. The summed E-state index contributed by atoms with van der Waals surface area (Å²) in [6.45, 7) is 6.11. The molecule has 2 fully saturated rings. The van der Waals surface area contributed by atoms with Crippen molar-refractivity contribution in [2.45, 2.75) is 32.4 Å². The van der Waals surface area contributed by atoms with Gasteiger partial charge in [-0.15, -0.1) is 0 Å². The van der Waals surface area contributed by atoms with Gasteiger partial charge in [-0.25, -0.2) is 4.79 Å². The first-order valence-electron chi connectivity index (χ1n) is 11.6. The van der Waals surface area contributed by atoms with Crippen molar-refractivity contribution in [2.75, 3.05) is 39.4 Å². The molecule has 8 heteroatoms. The maximum atomic E-state index is 13.0. The molecule has 176 valence electrons.